The Morgan fingerprint density at radius 1 is 1.50 bits per heavy atom. The van der Waals surface area contributed by atoms with Gasteiger partial charge in [-0.2, -0.15) is 0 Å². The largest absolute Gasteiger partial charge is 0.333 e. The van der Waals surface area contributed by atoms with Crippen LogP contribution in [0.2, 0.25) is 5.02 Å². The summed E-state index contributed by atoms with van der Waals surface area (Å²) in [7, 11) is 3.37. The number of likely N-dealkylation sites (N-methyl/N-ethyl adjacent to an activating group) is 2. The van der Waals surface area contributed by atoms with E-state index in [0.717, 1.165) is 0 Å². The van der Waals surface area contributed by atoms with Crippen LogP contribution >= 0.6 is 11.6 Å². The van der Waals surface area contributed by atoms with Gasteiger partial charge in [-0.1, -0.05) is 23.7 Å². The van der Waals surface area contributed by atoms with Crippen LogP contribution < -0.4 is 10.2 Å². The molecule has 108 valence electrons. The Labute approximate surface area is 123 Å². The van der Waals surface area contributed by atoms with E-state index in [9.17, 15) is 9.59 Å². The summed E-state index contributed by atoms with van der Waals surface area (Å²) in [4.78, 5) is 27.5. The van der Waals surface area contributed by atoms with E-state index in [1.54, 1.807) is 25.1 Å². The highest BCUT2D eigenvalue weighted by Gasteiger charge is 2.37. The van der Waals surface area contributed by atoms with E-state index in [-0.39, 0.29) is 18.4 Å². The molecule has 6 heteroatoms. The first-order chi connectivity index (χ1) is 9.56. The van der Waals surface area contributed by atoms with E-state index in [1.807, 2.05) is 18.2 Å². The van der Waals surface area contributed by atoms with Gasteiger partial charge in [-0.05, 0) is 25.6 Å². The monoisotopic (exact) mass is 295 g/mol. The number of rotatable bonds is 4. The number of carbonyl (C=O) groups excluding carboxylic acids is 2. The second-order valence-electron chi connectivity index (χ2n) is 4.78. The zero-order chi connectivity index (χ0) is 14.7. The maximum Gasteiger partial charge on any atom is 0.249 e. The number of benzene rings is 1. The van der Waals surface area contributed by atoms with Gasteiger partial charge in [0, 0.05) is 13.6 Å². The average molecular weight is 296 g/mol. The number of nitrogens with one attached hydrogen (secondary N) is 1. The molecule has 0 bridgehead atoms. The van der Waals surface area contributed by atoms with Gasteiger partial charge in [0.25, 0.3) is 0 Å². The highest BCUT2D eigenvalue weighted by atomic mass is 35.5. The van der Waals surface area contributed by atoms with Crippen LogP contribution in [0.15, 0.2) is 24.3 Å². The maximum absolute atomic E-state index is 12.5. The molecular formula is C14H18ClN3O2. The lowest BCUT2D eigenvalue weighted by Gasteiger charge is -2.24. The summed E-state index contributed by atoms with van der Waals surface area (Å²) >= 11 is 6.12. The number of hydrogen-bond donors (Lipinski definition) is 1. The predicted molar refractivity (Wildman–Crippen MR) is 78.9 cm³/mol. The van der Waals surface area contributed by atoms with E-state index in [2.05, 4.69) is 5.32 Å². The Balaban J connectivity index is 2.14. The van der Waals surface area contributed by atoms with Crippen LogP contribution in [0.5, 0.6) is 0 Å². The summed E-state index contributed by atoms with van der Waals surface area (Å²) in [5.74, 6) is -0.170. The van der Waals surface area contributed by atoms with Gasteiger partial charge in [0.15, 0.2) is 0 Å². The van der Waals surface area contributed by atoms with Crippen LogP contribution in [0.25, 0.3) is 0 Å². The second-order valence-corrected chi connectivity index (χ2v) is 5.19. The van der Waals surface area contributed by atoms with Gasteiger partial charge in [0.2, 0.25) is 11.8 Å². The summed E-state index contributed by atoms with van der Waals surface area (Å²) in [6.45, 7) is 0.802. The molecule has 0 radical (unpaired) electrons. The molecule has 1 saturated heterocycles. The molecule has 1 atom stereocenters. The van der Waals surface area contributed by atoms with E-state index >= 15 is 0 Å². The van der Waals surface area contributed by atoms with Crippen LogP contribution in [0.3, 0.4) is 0 Å². The number of nitrogens with zero attached hydrogens (tertiary/aromatic N) is 2. The molecule has 2 rings (SSSR count). The average Bonchev–Trinajstić information content (AvgIpc) is 2.80. The zero-order valence-electron chi connectivity index (χ0n) is 11.6. The minimum Gasteiger partial charge on any atom is -0.333 e. The first kappa shape index (κ1) is 14.8. The molecule has 1 aliphatic heterocycles. The van der Waals surface area contributed by atoms with Gasteiger partial charge >= 0.3 is 0 Å². The van der Waals surface area contributed by atoms with Gasteiger partial charge < -0.3 is 15.1 Å². The Morgan fingerprint density at radius 3 is 2.85 bits per heavy atom. The second kappa shape index (κ2) is 6.24. The number of carbonyl (C=O) groups is 2. The van der Waals surface area contributed by atoms with Gasteiger partial charge in [-0.25, -0.2) is 0 Å². The molecule has 0 aliphatic carbocycles. The zero-order valence-corrected chi connectivity index (χ0v) is 12.4. The molecule has 1 aromatic rings. The van der Waals surface area contributed by atoms with Crippen molar-refractivity contribution in [3.8, 4) is 0 Å². The van der Waals surface area contributed by atoms with E-state index in [0.29, 0.717) is 23.7 Å². The topological polar surface area (TPSA) is 52.7 Å². The highest BCUT2D eigenvalue weighted by Crippen LogP contribution is 2.30. The standard InChI is InChI=1S/C14H18ClN3O2/c1-16-9-13(19)17(2)12-7-8-18(14(12)20)11-6-4-3-5-10(11)15/h3-6,12,16H,7-9H2,1-2H3. The molecule has 1 aliphatic rings. The van der Waals surface area contributed by atoms with Crippen molar-refractivity contribution in [1.29, 1.82) is 0 Å². The van der Waals surface area contributed by atoms with Gasteiger partial charge in [-0.3, -0.25) is 9.59 Å². The number of hydrogen-bond acceptors (Lipinski definition) is 3. The molecule has 2 amide bonds. The fraction of sp³-hybridized carbons (Fsp3) is 0.429. The van der Waals surface area contributed by atoms with Crippen LogP contribution in [-0.2, 0) is 9.59 Å². The Hall–Kier alpha value is -1.59. The smallest absolute Gasteiger partial charge is 0.249 e. The minimum absolute atomic E-state index is 0.0787. The van der Waals surface area contributed by atoms with Gasteiger partial charge in [-0.15, -0.1) is 0 Å². The van der Waals surface area contributed by atoms with Crippen molar-refractivity contribution in [1.82, 2.24) is 10.2 Å². The lowest BCUT2D eigenvalue weighted by Crippen LogP contribution is -2.45. The van der Waals surface area contributed by atoms with Crippen LogP contribution in [0.1, 0.15) is 6.42 Å². The first-order valence-corrected chi connectivity index (χ1v) is 6.90. The molecule has 20 heavy (non-hydrogen) atoms. The number of anilines is 1. The van der Waals surface area contributed by atoms with Crippen molar-refractivity contribution in [2.45, 2.75) is 12.5 Å². The normalized spacial score (nSPS) is 18.4. The molecule has 5 nitrogen and oxygen atoms in total. The molecule has 0 spiro atoms. The van der Waals surface area contributed by atoms with Crippen molar-refractivity contribution < 1.29 is 9.59 Å². The molecule has 1 N–H and O–H groups in total. The van der Waals surface area contributed by atoms with Crippen molar-refractivity contribution >= 4 is 29.1 Å². The van der Waals surface area contributed by atoms with Gasteiger partial charge in [0.05, 0.1) is 17.3 Å². The molecule has 0 aromatic heterocycles. The third kappa shape index (κ3) is 2.78. The lowest BCUT2D eigenvalue weighted by atomic mass is 10.2. The SMILES string of the molecule is CNCC(=O)N(C)C1CCN(c2ccccc2Cl)C1=O. The van der Waals surface area contributed by atoms with Crippen molar-refractivity contribution in [2.24, 2.45) is 0 Å². The van der Waals surface area contributed by atoms with Crippen LogP contribution in [0, 0.1) is 0 Å². The number of halogens is 1. The van der Waals surface area contributed by atoms with Crippen molar-refractivity contribution in [3.05, 3.63) is 29.3 Å². The quantitative estimate of drug-likeness (QED) is 0.906. The van der Waals surface area contributed by atoms with Crippen molar-refractivity contribution in [3.63, 3.8) is 0 Å². The van der Waals surface area contributed by atoms with E-state index in [4.69, 9.17) is 11.6 Å². The number of para-hydroxylation sites is 1. The Kier molecular flexibility index (Phi) is 4.62. The summed E-state index contributed by atoms with van der Waals surface area (Å²) in [5, 5.41) is 3.35. The molecule has 0 saturated carbocycles. The molecule has 1 unspecified atom stereocenters. The third-order valence-electron chi connectivity index (χ3n) is 3.51. The van der Waals surface area contributed by atoms with Crippen LogP contribution in [0.4, 0.5) is 5.69 Å². The summed E-state index contributed by atoms with van der Waals surface area (Å²) in [6.07, 6.45) is 0.621. The summed E-state index contributed by atoms with van der Waals surface area (Å²) < 4.78 is 0. The minimum atomic E-state index is -0.410. The summed E-state index contributed by atoms with van der Waals surface area (Å²) in [5.41, 5.74) is 0.705. The van der Waals surface area contributed by atoms with E-state index in [1.165, 1.54) is 4.90 Å². The highest BCUT2D eigenvalue weighted by molar-refractivity contribution is 6.34. The predicted octanol–water partition coefficient (Wildman–Crippen LogP) is 1.12. The van der Waals surface area contributed by atoms with Crippen molar-refractivity contribution in [2.75, 3.05) is 32.1 Å². The maximum atomic E-state index is 12.5. The molecule has 1 heterocycles. The van der Waals surface area contributed by atoms with Gasteiger partial charge in [0.1, 0.15) is 6.04 Å². The molecule has 1 aromatic carbocycles. The fourth-order valence-corrected chi connectivity index (χ4v) is 2.62. The Morgan fingerprint density at radius 2 is 2.20 bits per heavy atom. The lowest BCUT2D eigenvalue weighted by molar-refractivity contribution is -0.135. The third-order valence-corrected chi connectivity index (χ3v) is 3.83. The summed E-state index contributed by atoms with van der Waals surface area (Å²) in [6, 6.07) is 6.84. The number of amides is 2. The van der Waals surface area contributed by atoms with E-state index < -0.39 is 6.04 Å². The molecule has 1 fully saturated rings. The first-order valence-electron chi connectivity index (χ1n) is 6.52. The Bertz CT molecular complexity index is 521. The molecular weight excluding hydrogens is 278 g/mol. The van der Waals surface area contributed by atoms with Crippen LogP contribution in [-0.4, -0.2) is 49.9 Å². The fourth-order valence-electron chi connectivity index (χ4n) is 2.38.